The maximum Gasteiger partial charge on any atom is 0.122 e. The molecule has 20 heavy (non-hydrogen) atoms. The Morgan fingerprint density at radius 2 is 1.95 bits per heavy atom. The van der Waals surface area contributed by atoms with Crippen LogP contribution in [0.25, 0.3) is 0 Å². The van der Waals surface area contributed by atoms with Gasteiger partial charge in [0.2, 0.25) is 0 Å². The molecule has 0 saturated heterocycles. The lowest BCUT2D eigenvalue weighted by molar-refractivity contribution is 0.148. The van der Waals surface area contributed by atoms with Gasteiger partial charge in [0.25, 0.3) is 0 Å². The van der Waals surface area contributed by atoms with Crippen molar-refractivity contribution in [2.75, 3.05) is 13.2 Å². The van der Waals surface area contributed by atoms with Crippen molar-refractivity contribution >= 4 is 0 Å². The number of benzene rings is 1. The maximum atomic E-state index is 6.00. The SMILES string of the molecule is CCCNC(C(CC)CC)C1COc2ccccc2C1. The maximum absolute atomic E-state index is 6.00. The number of rotatable bonds is 7. The summed E-state index contributed by atoms with van der Waals surface area (Å²) in [6.07, 6.45) is 4.83. The van der Waals surface area contributed by atoms with Gasteiger partial charge in [0.05, 0.1) is 6.61 Å². The third-order valence-corrected chi connectivity index (χ3v) is 4.60. The van der Waals surface area contributed by atoms with Gasteiger partial charge in [0.15, 0.2) is 0 Å². The highest BCUT2D eigenvalue weighted by Crippen LogP contribution is 2.31. The molecule has 1 N–H and O–H groups in total. The summed E-state index contributed by atoms with van der Waals surface area (Å²) < 4.78 is 6.00. The molecule has 0 amide bonds. The smallest absolute Gasteiger partial charge is 0.122 e. The van der Waals surface area contributed by atoms with E-state index in [2.05, 4.69) is 50.4 Å². The normalized spacial score (nSPS) is 19.5. The molecule has 2 atom stereocenters. The molecule has 2 nitrogen and oxygen atoms in total. The lowest BCUT2D eigenvalue weighted by Gasteiger charge is -2.36. The zero-order chi connectivity index (χ0) is 14.4. The van der Waals surface area contributed by atoms with Gasteiger partial charge < -0.3 is 10.1 Å². The van der Waals surface area contributed by atoms with Crippen LogP contribution in [-0.2, 0) is 6.42 Å². The summed E-state index contributed by atoms with van der Waals surface area (Å²) in [4.78, 5) is 0. The van der Waals surface area contributed by atoms with Crippen molar-refractivity contribution in [1.82, 2.24) is 5.32 Å². The fourth-order valence-corrected chi connectivity index (χ4v) is 3.41. The molecule has 0 spiro atoms. The Hall–Kier alpha value is -1.02. The van der Waals surface area contributed by atoms with Gasteiger partial charge in [0, 0.05) is 12.0 Å². The van der Waals surface area contributed by atoms with Crippen molar-refractivity contribution in [2.24, 2.45) is 11.8 Å². The summed E-state index contributed by atoms with van der Waals surface area (Å²) in [5.74, 6) is 2.43. The molecule has 1 aromatic rings. The number of hydrogen-bond donors (Lipinski definition) is 1. The van der Waals surface area contributed by atoms with E-state index in [0.717, 1.165) is 31.2 Å². The Labute approximate surface area is 123 Å². The van der Waals surface area contributed by atoms with Crippen LogP contribution in [0.1, 0.15) is 45.6 Å². The molecular formula is C18H29NO. The lowest BCUT2D eigenvalue weighted by Crippen LogP contribution is -2.46. The number of para-hydroxylation sites is 1. The molecule has 0 aromatic heterocycles. The van der Waals surface area contributed by atoms with E-state index in [1.54, 1.807) is 0 Å². The first kappa shape index (κ1) is 15.4. The van der Waals surface area contributed by atoms with Crippen LogP contribution in [0.3, 0.4) is 0 Å². The minimum Gasteiger partial charge on any atom is -0.493 e. The first-order chi connectivity index (χ1) is 9.80. The van der Waals surface area contributed by atoms with Gasteiger partial charge in [-0.2, -0.15) is 0 Å². The number of hydrogen-bond acceptors (Lipinski definition) is 2. The first-order valence-corrected chi connectivity index (χ1v) is 8.24. The molecule has 1 aliphatic heterocycles. The quantitative estimate of drug-likeness (QED) is 0.811. The predicted molar refractivity (Wildman–Crippen MR) is 85.3 cm³/mol. The third-order valence-electron chi connectivity index (χ3n) is 4.60. The Morgan fingerprint density at radius 3 is 2.65 bits per heavy atom. The average Bonchev–Trinajstić information content (AvgIpc) is 2.51. The molecule has 0 radical (unpaired) electrons. The molecule has 2 rings (SSSR count). The summed E-state index contributed by atoms with van der Waals surface area (Å²) in [6.45, 7) is 8.83. The highest BCUT2D eigenvalue weighted by Gasteiger charge is 2.30. The van der Waals surface area contributed by atoms with Crippen LogP contribution in [0, 0.1) is 11.8 Å². The Morgan fingerprint density at radius 1 is 1.20 bits per heavy atom. The van der Waals surface area contributed by atoms with Gasteiger partial charge in [-0.3, -0.25) is 0 Å². The van der Waals surface area contributed by atoms with Gasteiger partial charge in [-0.15, -0.1) is 0 Å². The highest BCUT2D eigenvalue weighted by atomic mass is 16.5. The van der Waals surface area contributed by atoms with E-state index in [9.17, 15) is 0 Å². The van der Waals surface area contributed by atoms with E-state index in [-0.39, 0.29) is 0 Å². The Bertz CT molecular complexity index is 400. The molecule has 0 aliphatic carbocycles. The fourth-order valence-electron chi connectivity index (χ4n) is 3.41. The summed E-state index contributed by atoms with van der Waals surface area (Å²) in [5, 5.41) is 3.79. The van der Waals surface area contributed by atoms with E-state index >= 15 is 0 Å². The number of nitrogens with one attached hydrogen (secondary N) is 1. The van der Waals surface area contributed by atoms with Crippen LogP contribution in [0.2, 0.25) is 0 Å². The standard InChI is InChI=1S/C18H29NO/c1-4-11-19-18(14(5-2)6-3)16-12-15-9-7-8-10-17(15)20-13-16/h7-10,14,16,18-19H,4-6,11-13H2,1-3H3. The largest absolute Gasteiger partial charge is 0.493 e. The van der Waals surface area contributed by atoms with E-state index in [1.165, 1.54) is 24.8 Å². The van der Waals surface area contributed by atoms with Crippen LogP contribution < -0.4 is 10.1 Å². The minimum atomic E-state index is 0.582. The molecular weight excluding hydrogens is 246 g/mol. The minimum absolute atomic E-state index is 0.582. The Balaban J connectivity index is 2.10. The van der Waals surface area contributed by atoms with E-state index in [0.29, 0.717) is 12.0 Å². The molecule has 1 aromatic carbocycles. The van der Waals surface area contributed by atoms with Crippen molar-refractivity contribution in [3.05, 3.63) is 29.8 Å². The zero-order valence-corrected chi connectivity index (χ0v) is 13.2. The second kappa shape index (κ2) is 7.68. The summed E-state index contributed by atoms with van der Waals surface area (Å²) >= 11 is 0. The summed E-state index contributed by atoms with van der Waals surface area (Å²) in [7, 11) is 0. The molecule has 0 fully saturated rings. The third kappa shape index (κ3) is 3.54. The fraction of sp³-hybridized carbons (Fsp3) is 0.667. The van der Waals surface area contributed by atoms with E-state index in [1.807, 2.05) is 0 Å². The Kier molecular flexibility index (Phi) is 5.90. The van der Waals surface area contributed by atoms with Crippen LogP contribution in [-0.4, -0.2) is 19.2 Å². The molecule has 0 bridgehead atoms. The second-order valence-electron chi connectivity index (χ2n) is 5.94. The monoisotopic (exact) mass is 275 g/mol. The predicted octanol–water partition coefficient (Wildman–Crippen LogP) is 4.04. The van der Waals surface area contributed by atoms with Gasteiger partial charge in [-0.25, -0.2) is 0 Å². The first-order valence-electron chi connectivity index (χ1n) is 8.24. The molecule has 112 valence electrons. The van der Waals surface area contributed by atoms with Crippen molar-refractivity contribution in [2.45, 2.75) is 52.5 Å². The molecule has 1 aliphatic rings. The van der Waals surface area contributed by atoms with Crippen molar-refractivity contribution in [3.63, 3.8) is 0 Å². The van der Waals surface area contributed by atoms with Crippen LogP contribution in [0.15, 0.2) is 24.3 Å². The number of fused-ring (bicyclic) bond motifs is 1. The van der Waals surface area contributed by atoms with Gasteiger partial charge in [-0.05, 0) is 36.9 Å². The van der Waals surface area contributed by atoms with Gasteiger partial charge in [-0.1, -0.05) is 51.8 Å². The molecule has 2 heteroatoms. The van der Waals surface area contributed by atoms with Gasteiger partial charge in [0.1, 0.15) is 5.75 Å². The summed E-state index contributed by atoms with van der Waals surface area (Å²) in [6, 6.07) is 9.07. The van der Waals surface area contributed by atoms with Gasteiger partial charge >= 0.3 is 0 Å². The van der Waals surface area contributed by atoms with Crippen molar-refractivity contribution in [1.29, 1.82) is 0 Å². The average molecular weight is 275 g/mol. The van der Waals surface area contributed by atoms with Crippen LogP contribution in [0.4, 0.5) is 0 Å². The molecule has 1 heterocycles. The van der Waals surface area contributed by atoms with Crippen LogP contribution >= 0.6 is 0 Å². The lowest BCUT2D eigenvalue weighted by atomic mass is 9.81. The number of ether oxygens (including phenoxy) is 1. The molecule has 0 saturated carbocycles. The highest BCUT2D eigenvalue weighted by molar-refractivity contribution is 5.35. The molecule has 2 unspecified atom stereocenters. The van der Waals surface area contributed by atoms with E-state index in [4.69, 9.17) is 4.74 Å². The van der Waals surface area contributed by atoms with Crippen LogP contribution in [0.5, 0.6) is 5.75 Å². The van der Waals surface area contributed by atoms with E-state index < -0.39 is 0 Å². The zero-order valence-electron chi connectivity index (χ0n) is 13.2. The second-order valence-corrected chi connectivity index (χ2v) is 5.94. The topological polar surface area (TPSA) is 21.3 Å². The van der Waals surface area contributed by atoms with Crippen molar-refractivity contribution in [3.8, 4) is 5.75 Å². The van der Waals surface area contributed by atoms with Crippen molar-refractivity contribution < 1.29 is 4.74 Å². The summed E-state index contributed by atoms with van der Waals surface area (Å²) in [5.41, 5.74) is 1.37.